The van der Waals surface area contributed by atoms with E-state index in [9.17, 15) is 13.2 Å². The Balaban J connectivity index is 2.32. The van der Waals surface area contributed by atoms with Crippen LogP contribution in [0.5, 0.6) is 0 Å². The summed E-state index contributed by atoms with van der Waals surface area (Å²) in [5.74, 6) is -0.852. The van der Waals surface area contributed by atoms with Gasteiger partial charge in [0.15, 0.2) is 5.76 Å². The highest BCUT2D eigenvalue weighted by Crippen LogP contribution is 2.34. The summed E-state index contributed by atoms with van der Waals surface area (Å²) in [4.78, 5) is 7.08. The average Bonchev–Trinajstić information content (AvgIpc) is 2.97. The molecule has 3 nitrogen and oxygen atoms in total. The lowest BCUT2D eigenvalue weighted by molar-refractivity contribution is -0.144. The predicted octanol–water partition coefficient (Wildman–Crippen LogP) is 3.97. The van der Waals surface area contributed by atoms with Gasteiger partial charge in [0, 0.05) is 0 Å². The lowest BCUT2D eigenvalue weighted by Crippen LogP contribution is -2.11. The molecule has 0 bridgehead atoms. The molecule has 3 aromatic rings. The Kier molecular flexibility index (Phi) is 2.37. The van der Waals surface area contributed by atoms with Gasteiger partial charge in [-0.05, 0) is 23.6 Å². The van der Waals surface area contributed by atoms with Crippen molar-refractivity contribution in [3.63, 3.8) is 0 Å². The van der Waals surface area contributed by atoms with E-state index in [-0.39, 0.29) is 11.2 Å². The van der Waals surface area contributed by atoms with E-state index in [1.165, 1.54) is 23.7 Å². The van der Waals surface area contributed by atoms with Crippen LogP contribution in [-0.2, 0) is 6.18 Å². The van der Waals surface area contributed by atoms with Gasteiger partial charge >= 0.3 is 6.18 Å². The van der Waals surface area contributed by atoms with Crippen molar-refractivity contribution >= 4 is 21.6 Å². The maximum Gasteiger partial charge on any atom is 0.451 e. The van der Waals surface area contributed by atoms with Crippen LogP contribution in [0.3, 0.4) is 0 Å². The summed E-state index contributed by atoms with van der Waals surface area (Å²) in [6.45, 7) is 0. The largest absolute Gasteiger partial charge is 0.463 e. The zero-order valence-electron chi connectivity index (χ0n) is 8.73. The third-order valence-corrected chi connectivity index (χ3v) is 3.22. The number of hydrogen-bond donors (Lipinski definition) is 0. The van der Waals surface area contributed by atoms with Gasteiger partial charge in [-0.1, -0.05) is 0 Å². The summed E-state index contributed by atoms with van der Waals surface area (Å²) in [6.07, 6.45) is -3.18. The highest BCUT2D eigenvalue weighted by atomic mass is 32.1. The van der Waals surface area contributed by atoms with Crippen molar-refractivity contribution in [2.75, 3.05) is 0 Å². The Hall–Kier alpha value is -1.89. The number of alkyl halides is 3. The van der Waals surface area contributed by atoms with Crippen LogP contribution in [0.2, 0.25) is 0 Å². The number of thiophene rings is 1. The zero-order chi connectivity index (χ0) is 12.8. The van der Waals surface area contributed by atoms with Crippen LogP contribution in [0, 0.1) is 0 Å². The first-order valence-corrected chi connectivity index (χ1v) is 5.80. The Morgan fingerprint density at radius 3 is 2.67 bits per heavy atom. The highest BCUT2D eigenvalue weighted by molar-refractivity contribution is 7.17. The van der Waals surface area contributed by atoms with Crippen molar-refractivity contribution in [2.24, 2.45) is 0 Å². The second-order valence-corrected chi connectivity index (χ2v) is 4.42. The first-order valence-electron chi connectivity index (χ1n) is 4.92. The number of aromatic nitrogens is 2. The van der Waals surface area contributed by atoms with Crippen LogP contribution in [0.1, 0.15) is 5.82 Å². The van der Waals surface area contributed by atoms with Crippen molar-refractivity contribution in [3.8, 4) is 11.5 Å². The summed E-state index contributed by atoms with van der Waals surface area (Å²) in [5.41, 5.74) is 0.445. The van der Waals surface area contributed by atoms with Crippen LogP contribution in [0.15, 0.2) is 34.3 Å². The third-order valence-electron chi connectivity index (χ3n) is 2.31. The molecule has 0 aliphatic heterocycles. The van der Waals surface area contributed by atoms with Crippen LogP contribution in [-0.4, -0.2) is 9.97 Å². The topological polar surface area (TPSA) is 38.9 Å². The number of furan rings is 1. The van der Waals surface area contributed by atoms with Crippen molar-refractivity contribution < 1.29 is 17.6 Å². The van der Waals surface area contributed by atoms with Crippen LogP contribution in [0.25, 0.3) is 21.7 Å². The van der Waals surface area contributed by atoms with E-state index in [1.54, 1.807) is 17.5 Å². The minimum atomic E-state index is -4.57. The Morgan fingerprint density at radius 1 is 1.17 bits per heavy atom. The molecular weight excluding hydrogens is 265 g/mol. The van der Waals surface area contributed by atoms with Gasteiger partial charge in [-0.15, -0.1) is 11.3 Å². The second-order valence-electron chi connectivity index (χ2n) is 3.51. The molecule has 3 heterocycles. The molecule has 0 atom stereocenters. The van der Waals surface area contributed by atoms with Crippen molar-refractivity contribution in [1.29, 1.82) is 0 Å². The smallest absolute Gasteiger partial charge is 0.451 e. The van der Waals surface area contributed by atoms with E-state index in [4.69, 9.17) is 4.42 Å². The fourth-order valence-corrected chi connectivity index (χ4v) is 2.40. The summed E-state index contributed by atoms with van der Waals surface area (Å²) in [7, 11) is 0. The third kappa shape index (κ3) is 1.76. The molecule has 18 heavy (non-hydrogen) atoms. The van der Waals surface area contributed by atoms with Crippen LogP contribution >= 0.6 is 11.3 Å². The van der Waals surface area contributed by atoms with Gasteiger partial charge in [-0.3, -0.25) is 0 Å². The number of halogens is 3. The lowest BCUT2D eigenvalue weighted by atomic mass is 10.3. The fourth-order valence-electron chi connectivity index (χ4n) is 1.57. The van der Waals surface area contributed by atoms with Crippen molar-refractivity contribution in [2.45, 2.75) is 6.18 Å². The van der Waals surface area contributed by atoms with E-state index in [1.807, 2.05) is 0 Å². The molecular formula is C11H5F3N2OS. The minimum absolute atomic E-state index is 0.173. The zero-order valence-corrected chi connectivity index (χ0v) is 9.55. The Bertz CT molecular complexity index is 688. The van der Waals surface area contributed by atoms with Gasteiger partial charge in [0.05, 0.1) is 16.5 Å². The molecule has 0 spiro atoms. The Morgan fingerprint density at radius 2 is 2.00 bits per heavy atom. The number of nitrogens with zero attached hydrogens (tertiary/aromatic N) is 2. The van der Waals surface area contributed by atoms with Gasteiger partial charge in [-0.2, -0.15) is 13.2 Å². The van der Waals surface area contributed by atoms with Crippen LogP contribution < -0.4 is 0 Å². The summed E-state index contributed by atoms with van der Waals surface area (Å²) < 4.78 is 43.8. The molecule has 3 rings (SSSR count). The SMILES string of the molecule is FC(F)(F)c1nc(-c2ccco2)c2sccc2n1. The highest BCUT2D eigenvalue weighted by Gasteiger charge is 2.36. The first kappa shape index (κ1) is 11.2. The molecule has 7 heteroatoms. The normalized spacial score (nSPS) is 12.2. The minimum Gasteiger partial charge on any atom is -0.463 e. The van der Waals surface area contributed by atoms with E-state index in [0.717, 1.165) is 0 Å². The number of rotatable bonds is 1. The van der Waals surface area contributed by atoms with E-state index in [0.29, 0.717) is 10.5 Å². The van der Waals surface area contributed by atoms with Gasteiger partial charge in [0.1, 0.15) is 5.69 Å². The standard InChI is InChI=1S/C11H5F3N2OS/c12-11(13,14)10-15-6-3-5-18-9(6)8(16-10)7-2-1-4-17-7/h1-5H. The van der Waals surface area contributed by atoms with Gasteiger partial charge < -0.3 is 4.42 Å². The molecule has 0 saturated carbocycles. The average molecular weight is 270 g/mol. The Labute approximate surface area is 103 Å². The van der Waals surface area contributed by atoms with Gasteiger partial charge in [-0.25, -0.2) is 9.97 Å². The molecule has 92 valence electrons. The molecule has 0 unspecified atom stereocenters. The molecule has 0 N–H and O–H groups in total. The van der Waals surface area contributed by atoms with E-state index < -0.39 is 12.0 Å². The quantitative estimate of drug-likeness (QED) is 0.671. The monoisotopic (exact) mass is 270 g/mol. The summed E-state index contributed by atoms with van der Waals surface area (Å²) >= 11 is 1.28. The van der Waals surface area contributed by atoms with E-state index >= 15 is 0 Å². The second kappa shape index (κ2) is 3.81. The molecule has 3 aromatic heterocycles. The molecule has 0 aliphatic rings. The first-order chi connectivity index (χ1) is 8.55. The maximum atomic E-state index is 12.7. The molecule has 0 radical (unpaired) electrons. The molecule has 0 amide bonds. The lowest BCUT2D eigenvalue weighted by Gasteiger charge is -2.06. The molecule has 0 fully saturated rings. The predicted molar refractivity (Wildman–Crippen MR) is 60.1 cm³/mol. The van der Waals surface area contributed by atoms with Gasteiger partial charge in [0.25, 0.3) is 0 Å². The number of fused-ring (bicyclic) bond motifs is 1. The van der Waals surface area contributed by atoms with Crippen molar-refractivity contribution in [1.82, 2.24) is 9.97 Å². The molecule has 0 aromatic carbocycles. The van der Waals surface area contributed by atoms with Gasteiger partial charge in [0.2, 0.25) is 5.82 Å². The van der Waals surface area contributed by atoms with E-state index in [2.05, 4.69) is 9.97 Å². The molecule has 0 saturated heterocycles. The van der Waals surface area contributed by atoms with Crippen molar-refractivity contribution in [3.05, 3.63) is 35.7 Å². The summed E-state index contributed by atoms with van der Waals surface area (Å²) in [6, 6.07) is 4.70. The van der Waals surface area contributed by atoms with Crippen LogP contribution in [0.4, 0.5) is 13.2 Å². The molecule has 0 aliphatic carbocycles. The summed E-state index contributed by atoms with van der Waals surface area (Å²) in [5, 5.41) is 1.67. The fraction of sp³-hybridized carbons (Fsp3) is 0.0909. The maximum absolute atomic E-state index is 12.7. The number of hydrogen-bond acceptors (Lipinski definition) is 4.